The van der Waals surface area contributed by atoms with Gasteiger partial charge in [0.1, 0.15) is 5.82 Å². The second-order valence-corrected chi connectivity index (χ2v) is 4.83. The predicted octanol–water partition coefficient (Wildman–Crippen LogP) is 4.60. The molecule has 100 valence electrons. The van der Waals surface area contributed by atoms with Crippen molar-refractivity contribution in [2.75, 3.05) is 7.05 Å². The Bertz CT molecular complexity index is 589. The van der Waals surface area contributed by atoms with E-state index in [1.807, 2.05) is 37.4 Å². The number of halogens is 1. The average molecular weight is 257 g/mol. The van der Waals surface area contributed by atoms with Crippen molar-refractivity contribution < 1.29 is 4.39 Å². The van der Waals surface area contributed by atoms with Crippen molar-refractivity contribution >= 4 is 10.8 Å². The maximum absolute atomic E-state index is 13.8. The Kier molecular flexibility index (Phi) is 4.33. The number of hydrogen-bond acceptors (Lipinski definition) is 1. The summed E-state index contributed by atoms with van der Waals surface area (Å²) in [7, 11) is 1.94. The molecule has 2 aromatic rings. The third-order valence-corrected chi connectivity index (χ3v) is 3.62. The Morgan fingerprint density at radius 1 is 1.21 bits per heavy atom. The summed E-state index contributed by atoms with van der Waals surface area (Å²) >= 11 is 0. The molecule has 2 aromatic carbocycles. The van der Waals surface area contributed by atoms with Crippen LogP contribution < -0.4 is 5.32 Å². The van der Waals surface area contributed by atoms with Gasteiger partial charge in [0.2, 0.25) is 0 Å². The van der Waals surface area contributed by atoms with Crippen molar-refractivity contribution in [3.8, 4) is 0 Å². The van der Waals surface area contributed by atoms with Crippen LogP contribution in [0.25, 0.3) is 10.8 Å². The van der Waals surface area contributed by atoms with Gasteiger partial charge in [-0.15, -0.1) is 0 Å². The highest BCUT2D eigenvalue weighted by atomic mass is 19.1. The summed E-state index contributed by atoms with van der Waals surface area (Å²) in [6.07, 6.45) is 1.85. The van der Waals surface area contributed by atoms with Crippen molar-refractivity contribution in [3.05, 3.63) is 59.9 Å². The molecule has 1 atom stereocenters. The van der Waals surface area contributed by atoms with Crippen molar-refractivity contribution in [1.82, 2.24) is 5.32 Å². The third-order valence-electron chi connectivity index (χ3n) is 3.62. The van der Waals surface area contributed by atoms with Gasteiger partial charge < -0.3 is 5.32 Å². The first-order valence-corrected chi connectivity index (χ1v) is 6.68. The van der Waals surface area contributed by atoms with Crippen LogP contribution in [0.2, 0.25) is 0 Å². The molecule has 0 heterocycles. The van der Waals surface area contributed by atoms with Crippen LogP contribution in [0.3, 0.4) is 0 Å². The standard InChI is InChI=1S/C17H20FN/c1-4-12(2)11-17(19-3)15-9-10-16(18)14-8-6-5-7-13(14)15/h5-10,17,19H,2,4,11H2,1,3H3. The molecule has 0 aromatic heterocycles. The van der Waals surface area contributed by atoms with Gasteiger partial charge in [0, 0.05) is 11.4 Å². The van der Waals surface area contributed by atoms with Crippen LogP contribution in [0.4, 0.5) is 4.39 Å². The molecule has 0 aliphatic heterocycles. The van der Waals surface area contributed by atoms with E-state index < -0.39 is 0 Å². The first-order valence-electron chi connectivity index (χ1n) is 6.68. The highest BCUT2D eigenvalue weighted by molar-refractivity contribution is 5.86. The minimum atomic E-state index is -0.163. The van der Waals surface area contributed by atoms with E-state index in [9.17, 15) is 4.39 Å². The molecule has 1 N–H and O–H groups in total. The molecular formula is C17H20FN. The third kappa shape index (κ3) is 2.85. The Labute approximate surface area is 114 Å². The van der Waals surface area contributed by atoms with Gasteiger partial charge in [0.25, 0.3) is 0 Å². The lowest BCUT2D eigenvalue weighted by Crippen LogP contribution is -2.17. The van der Waals surface area contributed by atoms with Crippen LogP contribution in [0.5, 0.6) is 0 Å². The molecular weight excluding hydrogens is 237 g/mol. The fourth-order valence-corrected chi connectivity index (χ4v) is 2.39. The number of hydrogen-bond donors (Lipinski definition) is 1. The summed E-state index contributed by atoms with van der Waals surface area (Å²) in [6.45, 7) is 6.18. The van der Waals surface area contributed by atoms with E-state index >= 15 is 0 Å². The van der Waals surface area contributed by atoms with E-state index in [1.165, 1.54) is 5.57 Å². The molecule has 0 saturated carbocycles. The zero-order valence-corrected chi connectivity index (χ0v) is 11.5. The van der Waals surface area contributed by atoms with Gasteiger partial charge in [-0.1, -0.05) is 49.4 Å². The highest BCUT2D eigenvalue weighted by Crippen LogP contribution is 2.29. The lowest BCUT2D eigenvalue weighted by atomic mass is 9.93. The second-order valence-electron chi connectivity index (χ2n) is 4.83. The zero-order chi connectivity index (χ0) is 13.8. The number of rotatable bonds is 5. The normalized spacial score (nSPS) is 12.6. The van der Waals surface area contributed by atoms with Crippen LogP contribution in [0.15, 0.2) is 48.6 Å². The van der Waals surface area contributed by atoms with E-state index in [1.54, 1.807) is 6.07 Å². The molecule has 1 nitrogen and oxygen atoms in total. The Morgan fingerprint density at radius 3 is 2.53 bits per heavy atom. The summed E-state index contributed by atoms with van der Waals surface area (Å²) in [5.41, 5.74) is 2.34. The average Bonchev–Trinajstić information content (AvgIpc) is 2.45. The molecule has 0 spiro atoms. The van der Waals surface area contributed by atoms with Gasteiger partial charge >= 0.3 is 0 Å². The molecule has 0 amide bonds. The summed E-state index contributed by atoms with van der Waals surface area (Å²) in [6, 6.07) is 11.2. The molecule has 0 aliphatic carbocycles. The van der Waals surface area contributed by atoms with Crippen molar-refractivity contribution in [1.29, 1.82) is 0 Å². The van der Waals surface area contributed by atoms with E-state index in [0.717, 1.165) is 23.8 Å². The molecule has 0 fully saturated rings. The first kappa shape index (κ1) is 13.8. The lowest BCUT2D eigenvalue weighted by Gasteiger charge is -2.20. The highest BCUT2D eigenvalue weighted by Gasteiger charge is 2.14. The van der Waals surface area contributed by atoms with Crippen LogP contribution in [0, 0.1) is 5.82 Å². The van der Waals surface area contributed by atoms with Crippen LogP contribution in [0.1, 0.15) is 31.4 Å². The minimum absolute atomic E-state index is 0.163. The molecule has 0 saturated heterocycles. The van der Waals surface area contributed by atoms with Crippen LogP contribution in [-0.2, 0) is 0 Å². The molecule has 0 radical (unpaired) electrons. The molecule has 2 rings (SSSR count). The molecule has 1 unspecified atom stereocenters. The van der Waals surface area contributed by atoms with Crippen molar-refractivity contribution in [3.63, 3.8) is 0 Å². The van der Waals surface area contributed by atoms with E-state index in [0.29, 0.717) is 5.39 Å². The van der Waals surface area contributed by atoms with Gasteiger partial charge in [-0.05, 0) is 36.9 Å². The van der Waals surface area contributed by atoms with Crippen LogP contribution in [-0.4, -0.2) is 7.05 Å². The zero-order valence-electron chi connectivity index (χ0n) is 11.5. The largest absolute Gasteiger partial charge is 0.313 e. The second kappa shape index (κ2) is 5.98. The predicted molar refractivity (Wildman–Crippen MR) is 79.8 cm³/mol. The number of benzene rings is 2. The fraction of sp³-hybridized carbons (Fsp3) is 0.294. The van der Waals surface area contributed by atoms with Gasteiger partial charge in [-0.2, -0.15) is 0 Å². The fourth-order valence-electron chi connectivity index (χ4n) is 2.39. The SMILES string of the molecule is C=C(CC)CC(NC)c1ccc(F)c2ccccc12. The molecule has 2 heteroatoms. The van der Waals surface area contributed by atoms with Gasteiger partial charge in [0.05, 0.1) is 0 Å². The van der Waals surface area contributed by atoms with Crippen LogP contribution >= 0.6 is 0 Å². The van der Waals surface area contributed by atoms with Gasteiger partial charge in [-0.25, -0.2) is 4.39 Å². The van der Waals surface area contributed by atoms with Gasteiger partial charge in [0.15, 0.2) is 0 Å². The number of fused-ring (bicyclic) bond motifs is 1. The lowest BCUT2D eigenvalue weighted by molar-refractivity contribution is 0.584. The minimum Gasteiger partial charge on any atom is -0.313 e. The first-order chi connectivity index (χ1) is 9.17. The van der Waals surface area contributed by atoms with E-state index in [4.69, 9.17) is 0 Å². The van der Waals surface area contributed by atoms with Gasteiger partial charge in [-0.3, -0.25) is 0 Å². The smallest absolute Gasteiger partial charge is 0.131 e. The number of nitrogens with one attached hydrogen (secondary N) is 1. The van der Waals surface area contributed by atoms with E-state index in [2.05, 4.69) is 18.8 Å². The van der Waals surface area contributed by atoms with Crippen molar-refractivity contribution in [2.24, 2.45) is 0 Å². The summed E-state index contributed by atoms with van der Waals surface area (Å²) in [5.74, 6) is -0.163. The van der Waals surface area contributed by atoms with E-state index in [-0.39, 0.29) is 11.9 Å². The maximum atomic E-state index is 13.8. The molecule has 0 bridgehead atoms. The summed E-state index contributed by atoms with van der Waals surface area (Å²) in [4.78, 5) is 0. The Hall–Kier alpha value is -1.67. The Balaban J connectivity index is 2.49. The molecule has 0 aliphatic rings. The monoisotopic (exact) mass is 257 g/mol. The summed E-state index contributed by atoms with van der Waals surface area (Å²) < 4.78 is 13.8. The topological polar surface area (TPSA) is 12.0 Å². The summed E-state index contributed by atoms with van der Waals surface area (Å²) in [5, 5.41) is 4.97. The molecule has 19 heavy (non-hydrogen) atoms. The quantitative estimate of drug-likeness (QED) is 0.772. The maximum Gasteiger partial charge on any atom is 0.131 e. The van der Waals surface area contributed by atoms with Crippen molar-refractivity contribution in [2.45, 2.75) is 25.8 Å². The Morgan fingerprint density at radius 2 is 1.89 bits per heavy atom.